The summed E-state index contributed by atoms with van der Waals surface area (Å²) in [6.45, 7) is 12.5. The van der Waals surface area contributed by atoms with E-state index in [0.29, 0.717) is 30.6 Å². The summed E-state index contributed by atoms with van der Waals surface area (Å²) in [6, 6.07) is 0. The molecule has 132 valence electrons. The molecular formula is C18H33N3O2. The average molecular weight is 323 g/mol. The van der Waals surface area contributed by atoms with E-state index in [1.54, 1.807) is 7.11 Å². The highest BCUT2D eigenvalue weighted by atomic mass is 16.5. The number of likely N-dealkylation sites (tertiary alicyclic amines) is 1. The molecule has 3 rings (SSSR count). The van der Waals surface area contributed by atoms with Crippen LogP contribution in [0, 0.1) is 17.3 Å². The van der Waals surface area contributed by atoms with Crippen LogP contribution >= 0.6 is 0 Å². The molecule has 0 aromatic rings. The molecule has 23 heavy (non-hydrogen) atoms. The lowest BCUT2D eigenvalue weighted by Gasteiger charge is -2.29. The van der Waals surface area contributed by atoms with Gasteiger partial charge in [0.1, 0.15) is 0 Å². The van der Waals surface area contributed by atoms with Gasteiger partial charge in [0, 0.05) is 38.6 Å². The maximum atomic E-state index is 6.08. The molecule has 3 heterocycles. The molecule has 5 atom stereocenters. The largest absolute Gasteiger partial charge is 0.379 e. The van der Waals surface area contributed by atoms with Crippen LogP contribution in [0.3, 0.4) is 0 Å². The molecule has 5 heteroatoms. The zero-order valence-corrected chi connectivity index (χ0v) is 15.3. The highest BCUT2D eigenvalue weighted by molar-refractivity contribution is 5.80. The van der Waals surface area contributed by atoms with Crippen LogP contribution in [0.4, 0.5) is 0 Å². The van der Waals surface area contributed by atoms with E-state index in [0.717, 1.165) is 25.6 Å². The molecule has 2 bridgehead atoms. The molecule has 0 aromatic heterocycles. The molecule has 0 amide bonds. The van der Waals surface area contributed by atoms with E-state index in [1.807, 2.05) is 0 Å². The molecular weight excluding hydrogens is 290 g/mol. The third-order valence-corrected chi connectivity index (χ3v) is 5.74. The summed E-state index contributed by atoms with van der Waals surface area (Å²) in [6.07, 6.45) is 3.64. The van der Waals surface area contributed by atoms with Gasteiger partial charge in [0.2, 0.25) is 0 Å². The molecule has 3 aliphatic rings. The van der Waals surface area contributed by atoms with Gasteiger partial charge in [-0.25, -0.2) is 0 Å². The summed E-state index contributed by atoms with van der Waals surface area (Å²) in [4.78, 5) is 7.34. The minimum absolute atomic E-state index is 0.101. The molecule has 0 aliphatic carbocycles. The lowest BCUT2D eigenvalue weighted by atomic mass is 9.82. The van der Waals surface area contributed by atoms with Crippen molar-refractivity contribution in [1.82, 2.24) is 10.2 Å². The van der Waals surface area contributed by atoms with Crippen molar-refractivity contribution in [3.05, 3.63) is 0 Å². The summed E-state index contributed by atoms with van der Waals surface area (Å²) < 4.78 is 11.7. The number of hydrogen-bond donors (Lipinski definition) is 1. The van der Waals surface area contributed by atoms with Crippen LogP contribution in [0.1, 0.15) is 40.5 Å². The van der Waals surface area contributed by atoms with Gasteiger partial charge in [-0.15, -0.1) is 0 Å². The van der Waals surface area contributed by atoms with Crippen molar-refractivity contribution >= 4 is 5.96 Å². The Hall–Kier alpha value is -0.810. The quantitative estimate of drug-likeness (QED) is 0.636. The maximum absolute atomic E-state index is 6.08. The van der Waals surface area contributed by atoms with Gasteiger partial charge in [-0.05, 0) is 25.2 Å². The van der Waals surface area contributed by atoms with E-state index in [-0.39, 0.29) is 11.5 Å². The predicted molar refractivity (Wildman–Crippen MR) is 92.7 cm³/mol. The number of ether oxygens (including phenoxy) is 2. The average Bonchev–Trinajstić information content (AvgIpc) is 3.17. The fraction of sp³-hybridized carbons (Fsp3) is 0.944. The summed E-state index contributed by atoms with van der Waals surface area (Å²) in [5.41, 5.74) is 0.101. The number of rotatable bonds is 4. The SMILES string of the molecule is CCNC(=NCC(OC)C(C)(C)C)N1CC2C3CCC(O3)C2C1. The normalized spacial score (nSPS) is 34.8. The van der Waals surface area contributed by atoms with Crippen LogP contribution < -0.4 is 5.32 Å². The lowest BCUT2D eigenvalue weighted by molar-refractivity contribution is 0.0239. The van der Waals surface area contributed by atoms with Crippen molar-refractivity contribution in [1.29, 1.82) is 0 Å². The third-order valence-electron chi connectivity index (χ3n) is 5.74. The third kappa shape index (κ3) is 3.36. The molecule has 0 saturated carbocycles. The Labute approximate surface area is 140 Å². The van der Waals surface area contributed by atoms with Crippen LogP contribution in [0.5, 0.6) is 0 Å². The molecule has 5 unspecified atom stereocenters. The monoisotopic (exact) mass is 323 g/mol. The Bertz CT molecular complexity index is 428. The van der Waals surface area contributed by atoms with Crippen LogP contribution in [0.25, 0.3) is 0 Å². The minimum Gasteiger partial charge on any atom is -0.379 e. The highest BCUT2D eigenvalue weighted by Crippen LogP contribution is 2.47. The van der Waals surface area contributed by atoms with Gasteiger partial charge >= 0.3 is 0 Å². The van der Waals surface area contributed by atoms with Crippen molar-refractivity contribution in [2.45, 2.75) is 58.8 Å². The Balaban J connectivity index is 1.66. The molecule has 5 nitrogen and oxygen atoms in total. The molecule has 3 aliphatic heterocycles. The molecule has 3 fully saturated rings. The van der Waals surface area contributed by atoms with E-state index in [2.05, 4.69) is 37.9 Å². The zero-order valence-electron chi connectivity index (χ0n) is 15.3. The van der Waals surface area contributed by atoms with Crippen molar-refractivity contribution in [3.8, 4) is 0 Å². The standard InChI is InChI=1S/C18H33N3O2/c1-6-19-17(20-9-16(22-5)18(2,3)4)21-10-12-13(11-21)15-8-7-14(12)23-15/h12-16H,6-11H2,1-5H3,(H,19,20). The fourth-order valence-electron chi connectivity index (χ4n) is 4.43. The van der Waals surface area contributed by atoms with Crippen molar-refractivity contribution < 1.29 is 9.47 Å². The number of aliphatic imine (C=N–C) groups is 1. The summed E-state index contributed by atoms with van der Waals surface area (Å²) >= 11 is 0. The van der Waals surface area contributed by atoms with Crippen LogP contribution in [-0.4, -0.2) is 62.5 Å². The second-order valence-electron chi connectivity index (χ2n) is 8.31. The van der Waals surface area contributed by atoms with E-state index >= 15 is 0 Å². The van der Waals surface area contributed by atoms with Gasteiger partial charge in [-0.2, -0.15) is 0 Å². The van der Waals surface area contributed by atoms with Gasteiger partial charge in [0.15, 0.2) is 5.96 Å². The van der Waals surface area contributed by atoms with E-state index < -0.39 is 0 Å². The lowest BCUT2D eigenvalue weighted by Crippen LogP contribution is -2.42. The van der Waals surface area contributed by atoms with Gasteiger partial charge in [0.25, 0.3) is 0 Å². The number of nitrogens with zero attached hydrogens (tertiary/aromatic N) is 2. The number of nitrogens with one attached hydrogen (secondary N) is 1. The topological polar surface area (TPSA) is 46.1 Å². The summed E-state index contributed by atoms with van der Waals surface area (Å²) in [5, 5.41) is 3.47. The Morgan fingerprint density at radius 3 is 2.35 bits per heavy atom. The molecule has 0 aromatic carbocycles. The molecule has 0 spiro atoms. The number of fused-ring (bicyclic) bond motifs is 5. The van der Waals surface area contributed by atoms with Crippen LogP contribution in [-0.2, 0) is 9.47 Å². The second-order valence-corrected chi connectivity index (χ2v) is 8.31. The van der Waals surface area contributed by atoms with Crippen LogP contribution in [0.15, 0.2) is 4.99 Å². The number of methoxy groups -OCH3 is 1. The molecule has 1 N–H and O–H groups in total. The fourth-order valence-corrected chi connectivity index (χ4v) is 4.43. The number of hydrogen-bond acceptors (Lipinski definition) is 3. The molecule has 0 radical (unpaired) electrons. The molecule has 3 saturated heterocycles. The van der Waals surface area contributed by atoms with Gasteiger partial charge in [-0.1, -0.05) is 20.8 Å². The Morgan fingerprint density at radius 1 is 1.26 bits per heavy atom. The minimum atomic E-state index is 0.101. The zero-order chi connectivity index (χ0) is 16.6. The van der Waals surface area contributed by atoms with E-state index in [1.165, 1.54) is 12.8 Å². The maximum Gasteiger partial charge on any atom is 0.194 e. The highest BCUT2D eigenvalue weighted by Gasteiger charge is 2.53. The first-order valence-corrected chi connectivity index (χ1v) is 9.15. The summed E-state index contributed by atoms with van der Waals surface area (Å²) in [7, 11) is 1.79. The number of guanidine groups is 1. The smallest absolute Gasteiger partial charge is 0.194 e. The van der Waals surface area contributed by atoms with Crippen molar-refractivity contribution in [2.75, 3.05) is 33.3 Å². The van der Waals surface area contributed by atoms with Crippen LogP contribution in [0.2, 0.25) is 0 Å². The van der Waals surface area contributed by atoms with Gasteiger partial charge in [0.05, 0.1) is 24.9 Å². The first-order valence-electron chi connectivity index (χ1n) is 9.15. The first-order chi connectivity index (χ1) is 10.9. The second kappa shape index (κ2) is 6.60. The van der Waals surface area contributed by atoms with E-state index in [4.69, 9.17) is 14.5 Å². The van der Waals surface area contributed by atoms with Gasteiger partial charge < -0.3 is 19.7 Å². The first kappa shape index (κ1) is 17.0. The van der Waals surface area contributed by atoms with Gasteiger partial charge in [-0.3, -0.25) is 4.99 Å². The Kier molecular flexibility index (Phi) is 4.88. The van der Waals surface area contributed by atoms with E-state index in [9.17, 15) is 0 Å². The predicted octanol–water partition coefficient (Wildman–Crippen LogP) is 2.12. The van der Waals surface area contributed by atoms with Crippen molar-refractivity contribution in [3.63, 3.8) is 0 Å². The summed E-state index contributed by atoms with van der Waals surface area (Å²) in [5.74, 6) is 2.46. The Morgan fingerprint density at radius 2 is 1.87 bits per heavy atom. The van der Waals surface area contributed by atoms with Crippen molar-refractivity contribution in [2.24, 2.45) is 22.2 Å².